The van der Waals surface area contributed by atoms with Gasteiger partial charge in [0.1, 0.15) is 18.1 Å². The number of benzene rings is 2. The summed E-state index contributed by atoms with van der Waals surface area (Å²) in [6.45, 7) is 0.244. The molecule has 0 fully saturated rings. The van der Waals surface area contributed by atoms with Gasteiger partial charge in [0.2, 0.25) is 0 Å². The summed E-state index contributed by atoms with van der Waals surface area (Å²) >= 11 is 0. The summed E-state index contributed by atoms with van der Waals surface area (Å²) in [4.78, 5) is 24.3. The highest BCUT2D eigenvalue weighted by atomic mass is 19.4. The van der Waals surface area contributed by atoms with E-state index in [1.54, 1.807) is 24.3 Å². The molecule has 2 aromatic carbocycles. The molecule has 0 radical (unpaired) electrons. The SMILES string of the molecule is O=C(Nc1cccc(C(F)(F)F)c1)c1ccc(=O)n(CCOc2ccccc2)n1. The predicted molar refractivity (Wildman–Crippen MR) is 99.8 cm³/mol. The summed E-state index contributed by atoms with van der Waals surface area (Å²) in [7, 11) is 0. The van der Waals surface area contributed by atoms with E-state index in [0.29, 0.717) is 5.75 Å². The number of nitrogens with one attached hydrogen (secondary N) is 1. The normalized spacial score (nSPS) is 11.1. The number of ether oxygens (including phenoxy) is 1. The first-order valence-corrected chi connectivity index (χ1v) is 8.57. The Hall–Kier alpha value is -3.62. The molecule has 3 aromatic rings. The van der Waals surface area contributed by atoms with Gasteiger partial charge in [-0.05, 0) is 36.4 Å². The molecular formula is C20H16F3N3O3. The van der Waals surface area contributed by atoms with Crippen molar-refractivity contribution >= 4 is 11.6 Å². The van der Waals surface area contributed by atoms with Crippen molar-refractivity contribution in [3.05, 3.63) is 88.3 Å². The number of rotatable bonds is 6. The summed E-state index contributed by atoms with van der Waals surface area (Å²) in [5.41, 5.74) is -1.46. The fourth-order valence-electron chi connectivity index (χ4n) is 2.47. The summed E-state index contributed by atoms with van der Waals surface area (Å²) in [5.74, 6) is -0.110. The molecular weight excluding hydrogens is 387 g/mol. The van der Waals surface area contributed by atoms with Crippen LogP contribution in [-0.2, 0) is 12.7 Å². The Morgan fingerprint density at radius 1 is 1.03 bits per heavy atom. The van der Waals surface area contributed by atoms with Crippen LogP contribution in [0.15, 0.2) is 71.5 Å². The van der Waals surface area contributed by atoms with Crippen LogP contribution in [0.25, 0.3) is 0 Å². The first-order valence-electron chi connectivity index (χ1n) is 8.57. The highest BCUT2D eigenvalue weighted by molar-refractivity contribution is 6.02. The molecule has 0 bridgehead atoms. The van der Waals surface area contributed by atoms with Gasteiger partial charge in [-0.1, -0.05) is 24.3 Å². The minimum atomic E-state index is -4.52. The van der Waals surface area contributed by atoms with Crippen LogP contribution in [0.1, 0.15) is 16.1 Å². The van der Waals surface area contributed by atoms with Crippen molar-refractivity contribution in [1.82, 2.24) is 9.78 Å². The molecule has 29 heavy (non-hydrogen) atoms. The number of amides is 1. The number of hydrogen-bond donors (Lipinski definition) is 1. The second-order valence-corrected chi connectivity index (χ2v) is 5.97. The van der Waals surface area contributed by atoms with Crippen LogP contribution in [0.5, 0.6) is 5.75 Å². The molecule has 1 amide bonds. The summed E-state index contributed by atoms with van der Waals surface area (Å²) < 4.78 is 44.9. The molecule has 0 atom stereocenters. The fourth-order valence-corrected chi connectivity index (χ4v) is 2.47. The average Bonchev–Trinajstić information content (AvgIpc) is 2.70. The average molecular weight is 403 g/mol. The van der Waals surface area contributed by atoms with Gasteiger partial charge in [-0.2, -0.15) is 18.3 Å². The number of nitrogens with zero attached hydrogens (tertiary/aromatic N) is 2. The van der Waals surface area contributed by atoms with E-state index in [2.05, 4.69) is 10.4 Å². The zero-order chi connectivity index (χ0) is 20.9. The molecule has 0 saturated heterocycles. The van der Waals surface area contributed by atoms with Gasteiger partial charge in [-0.15, -0.1) is 0 Å². The van der Waals surface area contributed by atoms with Crippen LogP contribution in [0.3, 0.4) is 0 Å². The van der Waals surface area contributed by atoms with Gasteiger partial charge in [0.05, 0.1) is 12.1 Å². The third-order valence-corrected chi connectivity index (χ3v) is 3.86. The molecule has 1 N–H and O–H groups in total. The van der Waals surface area contributed by atoms with Gasteiger partial charge < -0.3 is 10.1 Å². The molecule has 0 saturated carbocycles. The predicted octanol–water partition coefficient (Wildman–Crippen LogP) is 3.59. The van der Waals surface area contributed by atoms with Crippen molar-refractivity contribution in [3.63, 3.8) is 0 Å². The number of alkyl halides is 3. The van der Waals surface area contributed by atoms with Gasteiger partial charge >= 0.3 is 6.18 Å². The highest BCUT2D eigenvalue weighted by Crippen LogP contribution is 2.30. The van der Waals surface area contributed by atoms with Crippen LogP contribution in [0.2, 0.25) is 0 Å². The number of carbonyl (C=O) groups is 1. The maximum Gasteiger partial charge on any atom is 0.416 e. The Balaban J connectivity index is 1.68. The molecule has 9 heteroatoms. The van der Waals surface area contributed by atoms with E-state index in [4.69, 9.17) is 4.74 Å². The van der Waals surface area contributed by atoms with Crippen LogP contribution in [0.4, 0.5) is 18.9 Å². The zero-order valence-electron chi connectivity index (χ0n) is 15.0. The topological polar surface area (TPSA) is 73.2 Å². The van der Waals surface area contributed by atoms with E-state index >= 15 is 0 Å². The van der Waals surface area contributed by atoms with Gasteiger partial charge in [0.25, 0.3) is 11.5 Å². The lowest BCUT2D eigenvalue weighted by atomic mass is 10.2. The lowest BCUT2D eigenvalue weighted by Crippen LogP contribution is -2.28. The molecule has 0 unspecified atom stereocenters. The second-order valence-electron chi connectivity index (χ2n) is 5.97. The Bertz CT molecular complexity index is 1050. The van der Waals surface area contributed by atoms with Crippen molar-refractivity contribution in [1.29, 1.82) is 0 Å². The molecule has 0 aliphatic rings. The monoisotopic (exact) mass is 403 g/mol. The maximum atomic E-state index is 12.8. The lowest BCUT2D eigenvalue weighted by Gasteiger charge is -2.11. The van der Waals surface area contributed by atoms with Gasteiger partial charge in [0.15, 0.2) is 0 Å². The number of carbonyl (C=O) groups excluding carboxylic acids is 1. The number of anilines is 1. The maximum absolute atomic E-state index is 12.8. The first-order chi connectivity index (χ1) is 13.8. The summed E-state index contributed by atoms with van der Waals surface area (Å²) in [6, 6.07) is 15.6. The minimum absolute atomic E-state index is 0.0308. The van der Waals surface area contributed by atoms with E-state index in [0.717, 1.165) is 22.9 Å². The van der Waals surface area contributed by atoms with Gasteiger partial charge in [-0.25, -0.2) is 4.68 Å². The Morgan fingerprint density at radius 2 is 1.79 bits per heavy atom. The Labute approximate surface area is 163 Å². The molecule has 0 aliphatic heterocycles. The van der Waals surface area contributed by atoms with E-state index in [9.17, 15) is 22.8 Å². The van der Waals surface area contributed by atoms with Crippen molar-refractivity contribution in [2.24, 2.45) is 0 Å². The molecule has 150 valence electrons. The van der Waals surface area contributed by atoms with E-state index < -0.39 is 23.2 Å². The standard InChI is InChI=1S/C20H16F3N3O3/c21-20(22,23)14-5-4-6-15(13-14)24-19(28)17-9-10-18(27)26(25-17)11-12-29-16-7-2-1-3-8-16/h1-10,13H,11-12H2,(H,24,28). The largest absolute Gasteiger partial charge is 0.492 e. The summed E-state index contributed by atoms with van der Waals surface area (Å²) in [5, 5.41) is 6.31. The lowest BCUT2D eigenvalue weighted by molar-refractivity contribution is -0.137. The first kappa shape index (κ1) is 20.1. The molecule has 1 heterocycles. The third kappa shape index (κ3) is 5.44. The summed E-state index contributed by atoms with van der Waals surface area (Å²) in [6.07, 6.45) is -4.52. The molecule has 6 nitrogen and oxygen atoms in total. The van der Waals surface area contributed by atoms with E-state index in [-0.39, 0.29) is 24.5 Å². The molecule has 3 rings (SSSR count). The molecule has 1 aromatic heterocycles. The molecule has 0 aliphatic carbocycles. The molecule has 0 spiro atoms. The highest BCUT2D eigenvalue weighted by Gasteiger charge is 2.30. The van der Waals surface area contributed by atoms with Crippen LogP contribution in [0, 0.1) is 0 Å². The zero-order valence-corrected chi connectivity index (χ0v) is 15.0. The van der Waals surface area contributed by atoms with Crippen LogP contribution in [-0.4, -0.2) is 22.3 Å². The second kappa shape index (κ2) is 8.59. The fraction of sp³-hybridized carbons (Fsp3) is 0.150. The Morgan fingerprint density at radius 3 is 2.52 bits per heavy atom. The smallest absolute Gasteiger partial charge is 0.416 e. The number of halogens is 3. The number of para-hydroxylation sites is 1. The third-order valence-electron chi connectivity index (χ3n) is 3.86. The van der Waals surface area contributed by atoms with Crippen molar-refractivity contribution in [2.75, 3.05) is 11.9 Å². The van der Waals surface area contributed by atoms with Crippen LogP contribution < -0.4 is 15.6 Å². The van der Waals surface area contributed by atoms with Crippen molar-refractivity contribution in [2.45, 2.75) is 12.7 Å². The number of aromatic nitrogens is 2. The van der Waals surface area contributed by atoms with Crippen molar-refractivity contribution in [3.8, 4) is 5.75 Å². The van der Waals surface area contributed by atoms with E-state index in [1.165, 1.54) is 18.2 Å². The quantitative estimate of drug-likeness (QED) is 0.683. The van der Waals surface area contributed by atoms with Crippen molar-refractivity contribution < 1.29 is 22.7 Å². The number of hydrogen-bond acceptors (Lipinski definition) is 4. The van der Waals surface area contributed by atoms with Gasteiger partial charge in [0, 0.05) is 11.8 Å². The Kier molecular flexibility index (Phi) is 5.96. The van der Waals surface area contributed by atoms with E-state index in [1.807, 2.05) is 6.07 Å². The van der Waals surface area contributed by atoms with Crippen LogP contribution >= 0.6 is 0 Å². The van der Waals surface area contributed by atoms with Gasteiger partial charge in [-0.3, -0.25) is 9.59 Å². The minimum Gasteiger partial charge on any atom is -0.492 e.